The summed E-state index contributed by atoms with van der Waals surface area (Å²) in [5.41, 5.74) is 3.35. The number of carbonyl (C=O) groups excluding carboxylic acids is 1. The minimum absolute atomic E-state index is 0.0707. The minimum Gasteiger partial charge on any atom is -0.327 e. The van der Waals surface area contributed by atoms with Gasteiger partial charge in [0.05, 0.1) is 12.2 Å². The number of carbonyl (C=O) groups is 1. The second-order valence-corrected chi connectivity index (χ2v) is 6.47. The van der Waals surface area contributed by atoms with E-state index in [9.17, 15) is 4.79 Å². The maximum Gasteiger partial charge on any atom is 0.275 e. The normalized spacial score (nSPS) is 13.3. The largest absolute Gasteiger partial charge is 0.327 e. The molecule has 6 nitrogen and oxygen atoms in total. The summed E-state index contributed by atoms with van der Waals surface area (Å²) in [4.78, 5) is 23.6. The topological polar surface area (TPSA) is 63.9 Å². The van der Waals surface area contributed by atoms with Crippen LogP contribution < -0.4 is 0 Å². The molecular weight excluding hydrogens is 314 g/mol. The maximum absolute atomic E-state index is 12.7. The molecule has 0 N–H and O–H groups in total. The van der Waals surface area contributed by atoms with Gasteiger partial charge in [0.15, 0.2) is 5.82 Å². The van der Waals surface area contributed by atoms with E-state index in [0.717, 1.165) is 16.8 Å². The van der Waals surface area contributed by atoms with Gasteiger partial charge in [0.1, 0.15) is 5.69 Å². The van der Waals surface area contributed by atoms with E-state index < -0.39 is 0 Å². The van der Waals surface area contributed by atoms with E-state index >= 15 is 0 Å². The SMILES string of the molecule is CC(C)n1ccc(C(=O)N2Cc3cnc(-c4ccccc4)nc3C2)n1. The molecule has 0 saturated carbocycles. The summed E-state index contributed by atoms with van der Waals surface area (Å²) in [5.74, 6) is 0.622. The van der Waals surface area contributed by atoms with E-state index in [2.05, 4.69) is 15.1 Å². The van der Waals surface area contributed by atoms with Gasteiger partial charge < -0.3 is 4.90 Å². The first-order valence-corrected chi connectivity index (χ1v) is 8.36. The fraction of sp³-hybridized carbons (Fsp3) is 0.263. The quantitative estimate of drug-likeness (QED) is 0.739. The Bertz CT molecular complexity index is 917. The highest BCUT2D eigenvalue weighted by molar-refractivity contribution is 5.92. The summed E-state index contributed by atoms with van der Waals surface area (Å²) in [5, 5.41) is 4.37. The van der Waals surface area contributed by atoms with Crippen molar-refractivity contribution in [3.63, 3.8) is 0 Å². The van der Waals surface area contributed by atoms with Crippen LogP contribution in [0.5, 0.6) is 0 Å². The Hall–Kier alpha value is -3.02. The highest BCUT2D eigenvalue weighted by Crippen LogP contribution is 2.24. The number of fused-ring (bicyclic) bond motifs is 1. The van der Waals surface area contributed by atoms with Gasteiger partial charge in [-0.15, -0.1) is 0 Å². The molecule has 25 heavy (non-hydrogen) atoms. The highest BCUT2D eigenvalue weighted by Gasteiger charge is 2.27. The molecule has 4 rings (SSSR count). The number of aromatic nitrogens is 4. The lowest BCUT2D eigenvalue weighted by Gasteiger charge is -2.13. The van der Waals surface area contributed by atoms with Gasteiger partial charge in [-0.2, -0.15) is 5.10 Å². The van der Waals surface area contributed by atoms with Crippen molar-refractivity contribution in [2.75, 3.05) is 0 Å². The Morgan fingerprint density at radius 2 is 1.92 bits per heavy atom. The smallest absolute Gasteiger partial charge is 0.275 e. The molecule has 0 atom stereocenters. The molecule has 3 aromatic rings. The number of rotatable bonds is 3. The fourth-order valence-electron chi connectivity index (χ4n) is 2.92. The minimum atomic E-state index is -0.0707. The average molecular weight is 333 g/mol. The predicted molar refractivity (Wildman–Crippen MR) is 93.7 cm³/mol. The number of hydrogen-bond donors (Lipinski definition) is 0. The lowest BCUT2D eigenvalue weighted by atomic mass is 10.2. The van der Waals surface area contributed by atoms with Crippen LogP contribution in [0.4, 0.5) is 0 Å². The molecule has 1 aromatic carbocycles. The fourth-order valence-corrected chi connectivity index (χ4v) is 2.92. The average Bonchev–Trinajstić information content (AvgIpc) is 3.28. The van der Waals surface area contributed by atoms with Crippen molar-refractivity contribution < 1.29 is 4.79 Å². The highest BCUT2D eigenvalue weighted by atomic mass is 16.2. The summed E-state index contributed by atoms with van der Waals surface area (Å²) < 4.78 is 1.80. The molecule has 3 heterocycles. The van der Waals surface area contributed by atoms with Crippen molar-refractivity contribution >= 4 is 5.91 Å². The van der Waals surface area contributed by atoms with Crippen molar-refractivity contribution in [3.05, 3.63) is 65.7 Å². The zero-order valence-electron chi connectivity index (χ0n) is 14.3. The third kappa shape index (κ3) is 2.91. The van der Waals surface area contributed by atoms with Gasteiger partial charge in [0.2, 0.25) is 0 Å². The van der Waals surface area contributed by atoms with Crippen molar-refractivity contribution in [1.82, 2.24) is 24.6 Å². The Labute approximate surface area is 146 Å². The van der Waals surface area contributed by atoms with Gasteiger partial charge >= 0.3 is 0 Å². The second-order valence-electron chi connectivity index (χ2n) is 6.47. The van der Waals surface area contributed by atoms with E-state index in [1.807, 2.05) is 56.6 Å². The zero-order chi connectivity index (χ0) is 17.4. The van der Waals surface area contributed by atoms with Gasteiger partial charge in [0.25, 0.3) is 5.91 Å². The number of nitrogens with zero attached hydrogens (tertiary/aromatic N) is 5. The van der Waals surface area contributed by atoms with Crippen LogP contribution >= 0.6 is 0 Å². The first kappa shape index (κ1) is 15.5. The third-order valence-corrected chi connectivity index (χ3v) is 4.33. The first-order chi connectivity index (χ1) is 12.1. The Morgan fingerprint density at radius 1 is 1.12 bits per heavy atom. The molecule has 1 amide bonds. The lowest BCUT2D eigenvalue weighted by Crippen LogP contribution is -2.26. The lowest BCUT2D eigenvalue weighted by molar-refractivity contribution is 0.0743. The first-order valence-electron chi connectivity index (χ1n) is 8.36. The van der Waals surface area contributed by atoms with E-state index in [1.54, 1.807) is 15.6 Å². The Morgan fingerprint density at radius 3 is 2.64 bits per heavy atom. The third-order valence-electron chi connectivity index (χ3n) is 4.33. The molecule has 1 aliphatic rings. The van der Waals surface area contributed by atoms with E-state index in [4.69, 9.17) is 0 Å². The van der Waals surface area contributed by atoms with Crippen LogP contribution in [-0.2, 0) is 13.1 Å². The predicted octanol–water partition coefficient (Wildman–Crippen LogP) is 3.08. The molecule has 0 bridgehead atoms. The van der Waals surface area contributed by atoms with Crippen molar-refractivity contribution in [2.45, 2.75) is 33.0 Å². The van der Waals surface area contributed by atoms with Crippen LogP contribution in [0.2, 0.25) is 0 Å². The van der Waals surface area contributed by atoms with Gasteiger partial charge in [0, 0.05) is 36.1 Å². The summed E-state index contributed by atoms with van der Waals surface area (Å²) in [7, 11) is 0. The molecule has 0 spiro atoms. The van der Waals surface area contributed by atoms with Crippen molar-refractivity contribution in [3.8, 4) is 11.4 Å². The molecule has 0 fully saturated rings. The number of benzene rings is 1. The molecule has 0 radical (unpaired) electrons. The molecule has 0 aliphatic carbocycles. The van der Waals surface area contributed by atoms with E-state index in [0.29, 0.717) is 24.6 Å². The van der Waals surface area contributed by atoms with Crippen molar-refractivity contribution in [2.24, 2.45) is 0 Å². The number of amides is 1. The Kier molecular flexibility index (Phi) is 3.80. The maximum atomic E-state index is 12.7. The van der Waals surface area contributed by atoms with Crippen LogP contribution in [0, 0.1) is 0 Å². The summed E-state index contributed by atoms with van der Waals surface area (Å²) in [6.07, 6.45) is 3.67. The summed E-state index contributed by atoms with van der Waals surface area (Å²) >= 11 is 0. The Balaban J connectivity index is 1.55. The van der Waals surface area contributed by atoms with Gasteiger partial charge in [-0.05, 0) is 19.9 Å². The second kappa shape index (κ2) is 6.12. The molecule has 2 aromatic heterocycles. The van der Waals surface area contributed by atoms with Crippen LogP contribution in [0.1, 0.15) is 41.6 Å². The standard InChI is InChI=1S/C19H19N5O/c1-13(2)24-9-8-16(22-24)19(25)23-11-15-10-20-18(21-17(15)12-23)14-6-4-3-5-7-14/h3-10,13H,11-12H2,1-2H3. The summed E-state index contributed by atoms with van der Waals surface area (Å²) in [6.45, 7) is 5.09. The van der Waals surface area contributed by atoms with Gasteiger partial charge in [-0.1, -0.05) is 30.3 Å². The number of hydrogen-bond acceptors (Lipinski definition) is 4. The molecule has 0 saturated heterocycles. The summed E-state index contributed by atoms with van der Waals surface area (Å²) in [6, 6.07) is 11.9. The zero-order valence-corrected chi connectivity index (χ0v) is 14.3. The molecule has 126 valence electrons. The van der Waals surface area contributed by atoms with Crippen LogP contribution in [-0.4, -0.2) is 30.6 Å². The van der Waals surface area contributed by atoms with Crippen molar-refractivity contribution in [1.29, 1.82) is 0 Å². The molecular formula is C19H19N5O. The van der Waals surface area contributed by atoms with E-state index in [-0.39, 0.29) is 11.9 Å². The molecule has 1 aliphatic heterocycles. The van der Waals surface area contributed by atoms with Crippen LogP contribution in [0.15, 0.2) is 48.8 Å². The molecule has 6 heteroatoms. The van der Waals surface area contributed by atoms with Crippen LogP contribution in [0.3, 0.4) is 0 Å². The van der Waals surface area contributed by atoms with Crippen LogP contribution in [0.25, 0.3) is 11.4 Å². The molecule has 0 unspecified atom stereocenters. The van der Waals surface area contributed by atoms with Gasteiger partial charge in [-0.25, -0.2) is 9.97 Å². The monoisotopic (exact) mass is 333 g/mol. The van der Waals surface area contributed by atoms with E-state index in [1.165, 1.54) is 0 Å². The van der Waals surface area contributed by atoms with Gasteiger partial charge in [-0.3, -0.25) is 9.48 Å².